The van der Waals surface area contributed by atoms with Crippen LogP contribution in [-0.2, 0) is 4.79 Å². The number of rotatable bonds is 7. The summed E-state index contributed by atoms with van der Waals surface area (Å²) in [7, 11) is 0. The zero-order valence-electron chi connectivity index (χ0n) is 9.49. The molecule has 0 amide bonds. The van der Waals surface area contributed by atoms with Gasteiger partial charge in [0.05, 0.1) is 19.1 Å². The molecule has 1 rings (SSSR count). The van der Waals surface area contributed by atoms with Crippen molar-refractivity contribution >= 4 is 11.7 Å². The van der Waals surface area contributed by atoms with E-state index < -0.39 is 12.1 Å². The van der Waals surface area contributed by atoms with E-state index in [0.717, 1.165) is 5.69 Å². The Bertz CT molecular complexity index is 342. The molecular weight excluding hydrogens is 222 g/mol. The van der Waals surface area contributed by atoms with E-state index in [1.165, 1.54) is 0 Å². The number of hydrogen-bond acceptors (Lipinski definition) is 4. The maximum Gasteiger partial charge on any atom is 0.305 e. The van der Waals surface area contributed by atoms with Gasteiger partial charge in [0.25, 0.3) is 0 Å². The number of aliphatic hydroxyl groups is 2. The van der Waals surface area contributed by atoms with Crippen molar-refractivity contribution in [1.29, 1.82) is 0 Å². The lowest BCUT2D eigenvalue weighted by Crippen LogP contribution is -2.35. The molecular formula is C12H17NO4. The molecule has 0 heterocycles. The highest BCUT2D eigenvalue weighted by molar-refractivity contribution is 5.67. The van der Waals surface area contributed by atoms with Crippen molar-refractivity contribution in [3.63, 3.8) is 0 Å². The third-order valence-corrected chi connectivity index (χ3v) is 2.36. The molecule has 94 valence electrons. The molecule has 17 heavy (non-hydrogen) atoms. The fourth-order valence-electron chi connectivity index (χ4n) is 1.51. The number of carbonyl (C=O) groups is 1. The highest BCUT2D eigenvalue weighted by atomic mass is 16.4. The number of carboxylic acids is 1. The van der Waals surface area contributed by atoms with Gasteiger partial charge in [-0.05, 0) is 12.1 Å². The van der Waals surface area contributed by atoms with Crippen LogP contribution in [0.3, 0.4) is 0 Å². The Morgan fingerprint density at radius 1 is 1.29 bits per heavy atom. The van der Waals surface area contributed by atoms with Crippen LogP contribution >= 0.6 is 0 Å². The molecule has 0 aliphatic rings. The summed E-state index contributed by atoms with van der Waals surface area (Å²) in [4.78, 5) is 12.3. The third-order valence-electron chi connectivity index (χ3n) is 2.36. The van der Waals surface area contributed by atoms with Gasteiger partial charge in [0.2, 0.25) is 0 Å². The van der Waals surface area contributed by atoms with Gasteiger partial charge in [0.1, 0.15) is 0 Å². The molecule has 0 bridgehead atoms. The summed E-state index contributed by atoms with van der Waals surface area (Å²) in [6, 6.07) is 9.22. The highest BCUT2D eigenvalue weighted by Gasteiger charge is 2.12. The average molecular weight is 239 g/mol. The fraction of sp³-hybridized carbons (Fsp3) is 0.417. The molecule has 1 aromatic rings. The molecule has 0 aliphatic carbocycles. The number of anilines is 1. The quantitative estimate of drug-likeness (QED) is 0.638. The predicted molar refractivity (Wildman–Crippen MR) is 64.0 cm³/mol. The first-order valence-electron chi connectivity index (χ1n) is 5.44. The lowest BCUT2D eigenvalue weighted by molar-refractivity contribution is -0.136. The van der Waals surface area contributed by atoms with E-state index in [-0.39, 0.29) is 19.6 Å². The summed E-state index contributed by atoms with van der Waals surface area (Å²) >= 11 is 0. The van der Waals surface area contributed by atoms with E-state index in [0.29, 0.717) is 6.54 Å². The number of hydrogen-bond donors (Lipinski definition) is 3. The van der Waals surface area contributed by atoms with Crippen molar-refractivity contribution in [3.05, 3.63) is 30.3 Å². The Kier molecular flexibility index (Phi) is 5.45. The molecule has 1 unspecified atom stereocenters. The molecule has 0 saturated heterocycles. The van der Waals surface area contributed by atoms with Gasteiger partial charge in [0.15, 0.2) is 0 Å². The Hall–Kier alpha value is -1.59. The first-order valence-corrected chi connectivity index (χ1v) is 5.44. The maximum absolute atomic E-state index is 10.6. The summed E-state index contributed by atoms with van der Waals surface area (Å²) < 4.78 is 0. The highest BCUT2D eigenvalue weighted by Crippen LogP contribution is 2.14. The van der Waals surface area contributed by atoms with Crippen LogP contribution in [-0.4, -0.2) is 47.1 Å². The standard InChI is InChI=1S/C12H17NO4/c14-9-11(15)8-13(7-6-12(16)17)10-4-2-1-3-5-10/h1-5,11,14-15H,6-9H2,(H,16,17). The molecule has 0 saturated carbocycles. The summed E-state index contributed by atoms with van der Waals surface area (Å²) in [6.45, 7) is 0.181. The summed E-state index contributed by atoms with van der Waals surface area (Å²) in [6.07, 6.45) is -0.878. The first-order chi connectivity index (χ1) is 8.13. The van der Waals surface area contributed by atoms with Gasteiger partial charge in [-0.25, -0.2) is 0 Å². The van der Waals surface area contributed by atoms with Gasteiger partial charge in [0, 0.05) is 18.8 Å². The average Bonchev–Trinajstić information content (AvgIpc) is 2.35. The Morgan fingerprint density at radius 2 is 1.94 bits per heavy atom. The number of benzene rings is 1. The predicted octanol–water partition coefficient (Wildman–Crippen LogP) is 0.321. The Balaban J connectivity index is 2.68. The van der Waals surface area contributed by atoms with Crippen LogP contribution in [0, 0.1) is 0 Å². The van der Waals surface area contributed by atoms with Crippen LogP contribution in [0.15, 0.2) is 30.3 Å². The van der Waals surface area contributed by atoms with E-state index in [1.54, 1.807) is 4.90 Å². The van der Waals surface area contributed by atoms with E-state index in [4.69, 9.17) is 10.2 Å². The van der Waals surface area contributed by atoms with E-state index in [2.05, 4.69) is 0 Å². The number of aliphatic carboxylic acids is 1. The minimum absolute atomic E-state index is 0.00690. The lowest BCUT2D eigenvalue weighted by atomic mass is 10.2. The van der Waals surface area contributed by atoms with Gasteiger partial charge in [-0.15, -0.1) is 0 Å². The number of para-hydroxylation sites is 1. The van der Waals surface area contributed by atoms with Crippen molar-refractivity contribution in [1.82, 2.24) is 0 Å². The number of aliphatic hydroxyl groups excluding tert-OH is 2. The SMILES string of the molecule is O=C(O)CCN(CC(O)CO)c1ccccc1. The molecule has 5 nitrogen and oxygen atoms in total. The Labute approximate surface area is 99.9 Å². The smallest absolute Gasteiger partial charge is 0.305 e. The van der Waals surface area contributed by atoms with E-state index >= 15 is 0 Å². The zero-order chi connectivity index (χ0) is 12.7. The number of carboxylic acid groups (broad SMARTS) is 1. The first kappa shape index (κ1) is 13.5. The molecule has 0 radical (unpaired) electrons. The van der Waals surface area contributed by atoms with Crippen molar-refractivity contribution in [2.24, 2.45) is 0 Å². The van der Waals surface area contributed by atoms with Crippen LogP contribution in [0.1, 0.15) is 6.42 Å². The largest absolute Gasteiger partial charge is 0.481 e. The van der Waals surface area contributed by atoms with Crippen LogP contribution in [0.25, 0.3) is 0 Å². The van der Waals surface area contributed by atoms with Crippen LogP contribution < -0.4 is 4.90 Å². The van der Waals surface area contributed by atoms with Crippen LogP contribution in [0.4, 0.5) is 5.69 Å². The third kappa shape index (κ3) is 4.84. The molecule has 5 heteroatoms. The monoisotopic (exact) mass is 239 g/mol. The lowest BCUT2D eigenvalue weighted by Gasteiger charge is -2.26. The topological polar surface area (TPSA) is 81.0 Å². The summed E-state index contributed by atoms with van der Waals surface area (Å²) in [5.41, 5.74) is 0.834. The van der Waals surface area contributed by atoms with E-state index in [9.17, 15) is 9.90 Å². The van der Waals surface area contributed by atoms with Crippen molar-refractivity contribution in [3.8, 4) is 0 Å². The van der Waals surface area contributed by atoms with Crippen molar-refractivity contribution in [2.45, 2.75) is 12.5 Å². The van der Waals surface area contributed by atoms with Gasteiger partial charge in [-0.1, -0.05) is 18.2 Å². The van der Waals surface area contributed by atoms with Gasteiger partial charge < -0.3 is 20.2 Å². The maximum atomic E-state index is 10.6. The second-order valence-electron chi connectivity index (χ2n) is 3.76. The van der Waals surface area contributed by atoms with Gasteiger partial charge in [-0.3, -0.25) is 4.79 Å². The second kappa shape index (κ2) is 6.88. The minimum Gasteiger partial charge on any atom is -0.481 e. The van der Waals surface area contributed by atoms with Crippen molar-refractivity contribution < 1.29 is 20.1 Å². The van der Waals surface area contributed by atoms with E-state index in [1.807, 2.05) is 30.3 Å². The van der Waals surface area contributed by atoms with Crippen molar-refractivity contribution in [2.75, 3.05) is 24.6 Å². The zero-order valence-corrected chi connectivity index (χ0v) is 9.49. The molecule has 0 aliphatic heterocycles. The molecule has 0 fully saturated rings. The van der Waals surface area contributed by atoms with Gasteiger partial charge in [-0.2, -0.15) is 0 Å². The molecule has 0 spiro atoms. The fourth-order valence-corrected chi connectivity index (χ4v) is 1.51. The number of nitrogens with zero attached hydrogens (tertiary/aromatic N) is 1. The second-order valence-corrected chi connectivity index (χ2v) is 3.76. The van der Waals surface area contributed by atoms with Crippen LogP contribution in [0.5, 0.6) is 0 Å². The molecule has 1 aromatic carbocycles. The molecule has 0 aromatic heterocycles. The molecule has 3 N–H and O–H groups in total. The summed E-state index contributed by atoms with van der Waals surface area (Å²) in [5.74, 6) is -0.885. The minimum atomic E-state index is -0.885. The molecule has 1 atom stereocenters. The Morgan fingerprint density at radius 3 is 2.47 bits per heavy atom. The van der Waals surface area contributed by atoms with Crippen LogP contribution in [0.2, 0.25) is 0 Å². The van der Waals surface area contributed by atoms with Gasteiger partial charge >= 0.3 is 5.97 Å². The summed E-state index contributed by atoms with van der Waals surface area (Å²) in [5, 5.41) is 26.9. The normalized spacial score (nSPS) is 12.1.